The Hall–Kier alpha value is -3.51. The van der Waals surface area contributed by atoms with Gasteiger partial charge in [0, 0.05) is 31.6 Å². The molecule has 2 aromatic carbocycles. The third-order valence-electron chi connectivity index (χ3n) is 5.95. The van der Waals surface area contributed by atoms with Crippen LogP contribution in [0.15, 0.2) is 42.5 Å². The van der Waals surface area contributed by atoms with E-state index >= 15 is 0 Å². The van der Waals surface area contributed by atoms with Crippen LogP contribution in [0.4, 0.5) is 24.9 Å². The maximum absolute atomic E-state index is 12.3. The topological polar surface area (TPSA) is 117 Å². The summed E-state index contributed by atoms with van der Waals surface area (Å²) in [6.07, 6.45) is -1.51. The molecule has 1 aliphatic rings. The first-order chi connectivity index (χ1) is 18.8. The van der Waals surface area contributed by atoms with Crippen molar-refractivity contribution in [3.8, 4) is 5.75 Å². The first-order valence-corrected chi connectivity index (χ1v) is 13.0. The maximum atomic E-state index is 12.3. The molecule has 4 rings (SSSR count). The number of ether oxygens (including phenoxy) is 1. The van der Waals surface area contributed by atoms with Crippen LogP contribution in [0.25, 0.3) is 10.9 Å². The lowest BCUT2D eigenvalue weighted by molar-refractivity contribution is -0.192. The van der Waals surface area contributed by atoms with Crippen molar-refractivity contribution in [2.75, 3.05) is 30.9 Å². The summed E-state index contributed by atoms with van der Waals surface area (Å²) < 4.78 is 37.3. The molecule has 0 spiro atoms. The van der Waals surface area contributed by atoms with E-state index in [9.17, 15) is 18.0 Å². The van der Waals surface area contributed by atoms with Gasteiger partial charge in [0.25, 0.3) is 5.91 Å². The Balaban J connectivity index is 0.000000559. The van der Waals surface area contributed by atoms with E-state index in [1.807, 2.05) is 43.3 Å². The number of hydrogen-bond donors (Lipinski definition) is 3. The smallest absolute Gasteiger partial charge is 0.482 e. The van der Waals surface area contributed by atoms with Gasteiger partial charge in [-0.3, -0.25) is 4.79 Å². The van der Waals surface area contributed by atoms with Gasteiger partial charge < -0.3 is 25.4 Å². The summed E-state index contributed by atoms with van der Waals surface area (Å²) in [7, 11) is 3.97. The van der Waals surface area contributed by atoms with Crippen molar-refractivity contribution >= 4 is 57.7 Å². The van der Waals surface area contributed by atoms with E-state index in [2.05, 4.69) is 10.6 Å². The summed E-state index contributed by atoms with van der Waals surface area (Å²) in [6, 6.07) is 13.5. The van der Waals surface area contributed by atoms with Gasteiger partial charge in [-0.1, -0.05) is 41.4 Å². The Bertz CT molecular complexity index is 1340. The third-order valence-corrected chi connectivity index (χ3v) is 6.75. The molecule has 1 aliphatic carbocycles. The number of nitrogens with one attached hydrogen (secondary N) is 2. The number of aliphatic carboxylic acids is 1. The normalized spacial score (nSPS) is 16.9. The van der Waals surface area contributed by atoms with Gasteiger partial charge in [0.2, 0.25) is 5.95 Å². The number of nitrogens with zero attached hydrogens (tertiary/aromatic N) is 3. The Morgan fingerprint density at radius 3 is 2.27 bits per heavy atom. The number of carboxylic acids is 1. The minimum absolute atomic E-state index is 0.101. The summed E-state index contributed by atoms with van der Waals surface area (Å²) in [5.74, 6) is -0.997. The first-order valence-electron chi connectivity index (χ1n) is 12.2. The van der Waals surface area contributed by atoms with Crippen LogP contribution in [0.5, 0.6) is 5.75 Å². The Labute approximate surface area is 238 Å². The number of halogens is 5. The van der Waals surface area contributed by atoms with Gasteiger partial charge in [-0.15, -0.1) is 0 Å². The standard InChI is InChI=1S/C24H27Cl2N5O2.C2HF3O2/c1-31(2)23-17-6-3-4-8-19(17)29-24(30-23)28-16-12-10-15(11-13-16)27-21(32)14-33-20-9-5-7-18(25)22(20)26;3-2(4,5)1(6)7/h3-9,15-16H,10-14H2,1-2H3,(H,27,32)(H,28,29,30);(H,6,7)/t15-,16+;. The van der Waals surface area contributed by atoms with Gasteiger partial charge in [0.1, 0.15) is 16.6 Å². The summed E-state index contributed by atoms with van der Waals surface area (Å²) in [5, 5.41) is 15.4. The molecular weight excluding hydrogens is 574 g/mol. The van der Waals surface area contributed by atoms with Crippen molar-refractivity contribution in [1.82, 2.24) is 15.3 Å². The molecule has 0 saturated heterocycles. The number of anilines is 2. The molecule has 1 saturated carbocycles. The summed E-state index contributed by atoms with van der Waals surface area (Å²) in [5.41, 5.74) is 0.916. The van der Waals surface area contributed by atoms with Crippen molar-refractivity contribution < 1.29 is 32.6 Å². The average molecular weight is 602 g/mol. The van der Waals surface area contributed by atoms with E-state index in [-0.39, 0.29) is 24.6 Å². The van der Waals surface area contributed by atoms with Crippen LogP contribution in [0, 0.1) is 0 Å². The van der Waals surface area contributed by atoms with Crippen LogP contribution >= 0.6 is 23.2 Å². The molecule has 40 heavy (non-hydrogen) atoms. The van der Waals surface area contributed by atoms with Crippen molar-refractivity contribution in [2.24, 2.45) is 0 Å². The fraction of sp³-hybridized carbons (Fsp3) is 0.385. The maximum Gasteiger partial charge on any atom is 0.490 e. The van der Waals surface area contributed by atoms with Crippen molar-refractivity contribution in [2.45, 2.75) is 43.9 Å². The van der Waals surface area contributed by atoms with Crippen LogP contribution < -0.4 is 20.3 Å². The average Bonchev–Trinajstić information content (AvgIpc) is 2.90. The number of fused-ring (bicyclic) bond motifs is 1. The van der Waals surface area contributed by atoms with Crippen LogP contribution in [0.1, 0.15) is 25.7 Å². The zero-order valence-electron chi connectivity index (χ0n) is 21.6. The van der Waals surface area contributed by atoms with Crippen LogP contribution in [0.3, 0.4) is 0 Å². The predicted molar refractivity (Wildman–Crippen MR) is 147 cm³/mol. The number of aromatic nitrogens is 2. The summed E-state index contributed by atoms with van der Waals surface area (Å²) >= 11 is 12.1. The molecule has 216 valence electrons. The highest BCUT2D eigenvalue weighted by Crippen LogP contribution is 2.31. The van der Waals surface area contributed by atoms with Gasteiger partial charge in [-0.05, 0) is 49.9 Å². The predicted octanol–water partition coefficient (Wildman–Crippen LogP) is 5.55. The Morgan fingerprint density at radius 1 is 1.02 bits per heavy atom. The van der Waals surface area contributed by atoms with E-state index in [4.69, 9.17) is 47.8 Å². The van der Waals surface area contributed by atoms with E-state index in [0.29, 0.717) is 21.7 Å². The third kappa shape index (κ3) is 8.75. The zero-order chi connectivity index (χ0) is 29.4. The SMILES string of the molecule is CN(C)c1nc(N[C@H]2CC[C@@H](NC(=O)COc3cccc(Cl)c3Cl)CC2)nc2ccccc12.O=C(O)C(F)(F)F. The lowest BCUT2D eigenvalue weighted by Crippen LogP contribution is -2.42. The quantitative estimate of drug-likeness (QED) is 0.322. The number of para-hydroxylation sites is 1. The highest BCUT2D eigenvalue weighted by molar-refractivity contribution is 6.42. The molecule has 0 atom stereocenters. The number of alkyl halides is 3. The second-order valence-corrected chi connectivity index (χ2v) is 9.97. The van der Waals surface area contributed by atoms with E-state index in [1.54, 1.807) is 18.2 Å². The van der Waals surface area contributed by atoms with Crippen LogP contribution in [-0.2, 0) is 9.59 Å². The Morgan fingerprint density at radius 2 is 1.65 bits per heavy atom. The molecule has 1 aromatic heterocycles. The fourth-order valence-electron chi connectivity index (χ4n) is 4.04. The van der Waals surface area contributed by atoms with Gasteiger partial charge in [0.05, 0.1) is 10.5 Å². The molecule has 9 nitrogen and oxygen atoms in total. The highest BCUT2D eigenvalue weighted by Gasteiger charge is 2.38. The molecule has 3 aromatic rings. The van der Waals surface area contributed by atoms with Crippen LogP contribution in [-0.4, -0.2) is 65.9 Å². The molecule has 0 radical (unpaired) electrons. The molecule has 0 bridgehead atoms. The lowest BCUT2D eigenvalue weighted by Gasteiger charge is -2.30. The highest BCUT2D eigenvalue weighted by atomic mass is 35.5. The number of carboxylic acid groups (broad SMARTS) is 1. The van der Waals surface area contributed by atoms with Gasteiger partial charge in [-0.25, -0.2) is 9.78 Å². The zero-order valence-corrected chi connectivity index (χ0v) is 23.1. The first kappa shape index (κ1) is 31.0. The molecule has 1 heterocycles. The minimum Gasteiger partial charge on any atom is -0.482 e. The van der Waals surface area contributed by atoms with E-state index < -0.39 is 12.1 Å². The number of hydrogen-bond acceptors (Lipinski definition) is 7. The number of amides is 1. The molecule has 0 unspecified atom stereocenters. The molecule has 3 N–H and O–H groups in total. The van der Waals surface area contributed by atoms with Gasteiger partial charge in [-0.2, -0.15) is 18.2 Å². The largest absolute Gasteiger partial charge is 0.490 e. The van der Waals surface area contributed by atoms with Crippen molar-refractivity contribution in [3.63, 3.8) is 0 Å². The molecule has 0 aliphatic heterocycles. The monoisotopic (exact) mass is 601 g/mol. The van der Waals surface area contributed by atoms with Gasteiger partial charge >= 0.3 is 12.1 Å². The summed E-state index contributed by atoms with van der Waals surface area (Å²) in [4.78, 5) is 32.6. The molecule has 1 fully saturated rings. The number of carbonyl (C=O) groups is 2. The summed E-state index contributed by atoms with van der Waals surface area (Å²) in [6.45, 7) is -0.101. The second kappa shape index (κ2) is 13.7. The van der Waals surface area contributed by atoms with Crippen molar-refractivity contribution in [3.05, 3.63) is 52.5 Å². The number of rotatable bonds is 7. The van der Waals surface area contributed by atoms with E-state index in [1.165, 1.54) is 0 Å². The van der Waals surface area contributed by atoms with E-state index in [0.717, 1.165) is 42.4 Å². The van der Waals surface area contributed by atoms with Crippen LogP contribution in [0.2, 0.25) is 10.0 Å². The molecule has 1 amide bonds. The number of benzene rings is 2. The second-order valence-electron chi connectivity index (χ2n) is 9.19. The fourth-order valence-corrected chi connectivity index (χ4v) is 4.38. The Kier molecular flexibility index (Phi) is 10.6. The minimum atomic E-state index is -5.08. The number of carbonyl (C=O) groups excluding carboxylic acids is 1. The van der Waals surface area contributed by atoms with Gasteiger partial charge in [0.15, 0.2) is 6.61 Å². The van der Waals surface area contributed by atoms with Crippen molar-refractivity contribution in [1.29, 1.82) is 0 Å². The lowest BCUT2D eigenvalue weighted by atomic mass is 9.91. The molecule has 14 heteroatoms. The molecular formula is C26H28Cl2F3N5O4.